The van der Waals surface area contributed by atoms with Gasteiger partial charge < -0.3 is 4.74 Å². The second kappa shape index (κ2) is 5.50. The summed E-state index contributed by atoms with van der Waals surface area (Å²) < 4.78 is 5.49. The molecule has 1 aromatic heterocycles. The lowest BCUT2D eigenvalue weighted by Gasteiger charge is -2.01. The molecule has 17 heavy (non-hydrogen) atoms. The van der Waals surface area contributed by atoms with E-state index < -0.39 is 0 Å². The Morgan fingerprint density at radius 1 is 1.29 bits per heavy atom. The van der Waals surface area contributed by atoms with E-state index in [4.69, 9.17) is 4.74 Å². The molecule has 1 heterocycles. The summed E-state index contributed by atoms with van der Waals surface area (Å²) >= 11 is 0. The highest BCUT2D eigenvalue weighted by molar-refractivity contribution is 5.50. The number of nitroso groups, excluding NO2 is 1. The van der Waals surface area contributed by atoms with Crippen LogP contribution in [0.3, 0.4) is 0 Å². The molecular weight excluding hydrogens is 218 g/mol. The Hall–Kier alpha value is -2.56. The van der Waals surface area contributed by atoms with Crippen molar-refractivity contribution in [2.24, 2.45) is 5.18 Å². The van der Waals surface area contributed by atoms with Crippen molar-refractivity contribution in [2.45, 2.75) is 0 Å². The molecule has 1 aromatic carbocycles. The zero-order valence-corrected chi connectivity index (χ0v) is 8.91. The van der Waals surface area contributed by atoms with Crippen LogP contribution in [-0.2, 0) is 0 Å². The van der Waals surface area contributed by atoms with Gasteiger partial charge in [0, 0.05) is 0 Å². The van der Waals surface area contributed by atoms with E-state index in [-0.39, 0.29) is 0 Å². The van der Waals surface area contributed by atoms with E-state index in [1.165, 1.54) is 6.20 Å². The maximum Gasteiger partial charge on any atom is 0.285 e. The third-order valence-corrected chi connectivity index (χ3v) is 2.01. The Kier molecular flexibility index (Phi) is 3.54. The number of hydrogen-bond donors (Lipinski definition) is 0. The van der Waals surface area contributed by atoms with Crippen LogP contribution in [0.15, 0.2) is 54.2 Å². The number of nitrogens with zero attached hydrogens (tertiary/aromatic N) is 2. The Bertz CT molecular complexity index is 509. The van der Waals surface area contributed by atoms with Crippen molar-refractivity contribution in [1.82, 2.24) is 4.98 Å². The van der Waals surface area contributed by atoms with Crippen LogP contribution in [0.1, 0.15) is 5.56 Å². The first-order chi connectivity index (χ1) is 8.38. The highest BCUT2D eigenvalue weighted by Crippen LogP contribution is 2.18. The summed E-state index contributed by atoms with van der Waals surface area (Å²) in [6.45, 7) is 0. The van der Waals surface area contributed by atoms with Gasteiger partial charge in [0.15, 0.2) is 6.20 Å². The monoisotopic (exact) mass is 228 g/mol. The van der Waals surface area contributed by atoms with Crippen molar-refractivity contribution in [3.63, 3.8) is 0 Å². The summed E-state index contributed by atoms with van der Waals surface area (Å²) in [5, 5.41) is 2.65. The first kappa shape index (κ1) is 10.9. The SMILES string of the molecule is O=N/C=C/c1ccc(Oc2c[nH+]ccn2)cc1. The Morgan fingerprint density at radius 2 is 2.12 bits per heavy atom. The van der Waals surface area contributed by atoms with Crippen LogP contribution in [-0.4, -0.2) is 4.98 Å². The molecule has 0 saturated carbocycles. The fourth-order valence-electron chi connectivity index (χ4n) is 1.25. The standard InChI is InChI=1S/C12H9N3O2/c16-15-6-5-10-1-3-11(4-2-10)17-12-9-13-7-8-14-12/h1-9H/p+1/b6-5+. The number of H-pyrrole nitrogens is 1. The number of aromatic amines is 1. The van der Waals surface area contributed by atoms with E-state index in [0.717, 1.165) is 5.56 Å². The molecule has 2 rings (SSSR count). The molecule has 5 heteroatoms. The summed E-state index contributed by atoms with van der Waals surface area (Å²) in [5.74, 6) is 1.17. The molecule has 0 atom stereocenters. The molecule has 0 saturated heterocycles. The van der Waals surface area contributed by atoms with Crippen LogP contribution in [0.2, 0.25) is 0 Å². The van der Waals surface area contributed by atoms with E-state index in [1.807, 2.05) is 12.1 Å². The first-order valence-corrected chi connectivity index (χ1v) is 4.97. The molecule has 1 N–H and O–H groups in total. The minimum atomic E-state index is 0.491. The number of rotatable bonds is 4. The lowest BCUT2D eigenvalue weighted by molar-refractivity contribution is -0.379. The van der Waals surface area contributed by atoms with E-state index in [2.05, 4.69) is 15.1 Å². The van der Waals surface area contributed by atoms with Gasteiger partial charge in [0.2, 0.25) is 6.20 Å². The van der Waals surface area contributed by atoms with Gasteiger partial charge in [0.25, 0.3) is 5.88 Å². The fourth-order valence-corrected chi connectivity index (χ4v) is 1.25. The van der Waals surface area contributed by atoms with Crippen LogP contribution < -0.4 is 9.72 Å². The molecule has 2 aromatic rings. The second-order valence-corrected chi connectivity index (χ2v) is 3.19. The summed E-state index contributed by atoms with van der Waals surface area (Å²) in [7, 11) is 0. The first-order valence-electron chi connectivity index (χ1n) is 4.97. The second-order valence-electron chi connectivity index (χ2n) is 3.19. The maximum atomic E-state index is 9.91. The normalized spacial score (nSPS) is 10.4. The van der Waals surface area contributed by atoms with Crippen LogP contribution in [0.5, 0.6) is 11.6 Å². The highest BCUT2D eigenvalue weighted by atomic mass is 16.5. The molecule has 0 bridgehead atoms. The number of aromatic nitrogens is 2. The number of nitrogens with one attached hydrogen (secondary N) is 1. The number of hydrogen-bond acceptors (Lipinski definition) is 4. The zero-order valence-electron chi connectivity index (χ0n) is 8.91. The average molecular weight is 228 g/mol. The zero-order chi connectivity index (χ0) is 11.9. The van der Waals surface area contributed by atoms with Crippen molar-refractivity contribution >= 4 is 6.08 Å². The summed E-state index contributed by atoms with van der Waals surface area (Å²) in [6, 6.07) is 7.23. The molecule has 0 fully saturated rings. The summed E-state index contributed by atoms with van der Waals surface area (Å²) in [5.41, 5.74) is 0.879. The van der Waals surface area contributed by atoms with E-state index in [9.17, 15) is 4.91 Å². The van der Waals surface area contributed by atoms with Gasteiger partial charge in [0.1, 0.15) is 5.75 Å². The molecule has 0 amide bonds. The Balaban J connectivity index is 2.08. The van der Waals surface area contributed by atoms with E-state index in [0.29, 0.717) is 11.6 Å². The third kappa shape index (κ3) is 3.20. The van der Waals surface area contributed by atoms with Crippen molar-refractivity contribution in [3.05, 3.63) is 59.5 Å². The third-order valence-electron chi connectivity index (χ3n) is 2.01. The lowest BCUT2D eigenvalue weighted by Crippen LogP contribution is -2.00. The van der Waals surface area contributed by atoms with Crippen LogP contribution in [0.25, 0.3) is 6.08 Å². The van der Waals surface area contributed by atoms with Crippen LogP contribution in [0, 0.1) is 4.91 Å². The van der Waals surface area contributed by atoms with Gasteiger partial charge >= 0.3 is 0 Å². The maximum absolute atomic E-state index is 9.91. The van der Waals surface area contributed by atoms with Gasteiger partial charge in [-0.05, 0) is 28.9 Å². The predicted molar refractivity (Wildman–Crippen MR) is 62.1 cm³/mol. The smallest absolute Gasteiger partial charge is 0.285 e. The number of benzene rings is 1. The van der Waals surface area contributed by atoms with E-state index >= 15 is 0 Å². The van der Waals surface area contributed by atoms with Gasteiger partial charge in [-0.25, -0.2) is 9.97 Å². The van der Waals surface area contributed by atoms with Crippen molar-refractivity contribution in [3.8, 4) is 11.6 Å². The molecular formula is C12H10N3O2+. The van der Waals surface area contributed by atoms with Crippen molar-refractivity contribution in [1.29, 1.82) is 0 Å². The minimum absolute atomic E-state index is 0.491. The van der Waals surface area contributed by atoms with Crippen LogP contribution >= 0.6 is 0 Å². The van der Waals surface area contributed by atoms with Gasteiger partial charge in [-0.15, -0.1) is 4.91 Å². The topological polar surface area (TPSA) is 65.7 Å². The molecule has 84 valence electrons. The molecule has 0 radical (unpaired) electrons. The molecule has 0 unspecified atom stereocenters. The minimum Gasteiger partial charge on any atom is -0.434 e. The quantitative estimate of drug-likeness (QED) is 0.755. The average Bonchev–Trinajstić information content (AvgIpc) is 2.39. The summed E-state index contributed by atoms with van der Waals surface area (Å²) in [6.07, 6.45) is 7.79. The summed E-state index contributed by atoms with van der Waals surface area (Å²) in [4.78, 5) is 16.8. The van der Waals surface area contributed by atoms with Gasteiger partial charge in [-0.3, -0.25) is 0 Å². The Labute approximate surface area is 97.8 Å². The molecule has 0 spiro atoms. The Morgan fingerprint density at radius 3 is 2.76 bits per heavy atom. The molecule has 0 aliphatic heterocycles. The highest BCUT2D eigenvalue weighted by Gasteiger charge is 1.99. The number of ether oxygens (including phenoxy) is 1. The largest absolute Gasteiger partial charge is 0.434 e. The lowest BCUT2D eigenvalue weighted by atomic mass is 10.2. The van der Waals surface area contributed by atoms with Gasteiger partial charge in [-0.2, -0.15) is 0 Å². The van der Waals surface area contributed by atoms with Gasteiger partial charge in [-0.1, -0.05) is 12.1 Å². The van der Waals surface area contributed by atoms with Crippen molar-refractivity contribution in [2.75, 3.05) is 0 Å². The van der Waals surface area contributed by atoms with E-state index in [1.54, 1.807) is 36.8 Å². The van der Waals surface area contributed by atoms with Gasteiger partial charge in [0.05, 0.1) is 12.4 Å². The fraction of sp³-hybridized carbons (Fsp3) is 0. The van der Waals surface area contributed by atoms with Crippen LogP contribution in [0.4, 0.5) is 0 Å². The van der Waals surface area contributed by atoms with Crippen molar-refractivity contribution < 1.29 is 9.72 Å². The molecule has 0 aliphatic rings. The molecule has 0 aliphatic carbocycles. The predicted octanol–water partition coefficient (Wildman–Crippen LogP) is 2.43. The molecule has 5 nitrogen and oxygen atoms in total.